The van der Waals surface area contributed by atoms with Gasteiger partial charge < -0.3 is 15.2 Å². The number of anilines is 1. The predicted molar refractivity (Wildman–Crippen MR) is 153 cm³/mol. The van der Waals surface area contributed by atoms with Crippen LogP contribution in [-0.2, 0) is 10.0 Å². The van der Waals surface area contributed by atoms with Crippen LogP contribution in [0.3, 0.4) is 0 Å². The number of sulfonamides is 1. The van der Waals surface area contributed by atoms with E-state index in [0.717, 1.165) is 11.1 Å². The molecule has 0 saturated heterocycles. The Balaban J connectivity index is 1.74. The van der Waals surface area contributed by atoms with E-state index < -0.39 is 32.9 Å². The Bertz CT molecular complexity index is 1680. The Morgan fingerprint density at radius 3 is 2.46 bits per heavy atom. The van der Waals surface area contributed by atoms with Gasteiger partial charge in [0.25, 0.3) is 15.9 Å². The van der Waals surface area contributed by atoms with Crippen molar-refractivity contribution in [2.24, 2.45) is 5.92 Å². The number of benzene rings is 2. The van der Waals surface area contributed by atoms with Gasteiger partial charge in [-0.05, 0) is 67.3 Å². The molecule has 2 aromatic carbocycles. The number of halogens is 1. The van der Waals surface area contributed by atoms with Crippen LogP contribution in [0.4, 0.5) is 10.2 Å². The standard InChI is InChI=1S/C30H31FN4O5S/c1-18(2)17-39-23-15-21(14-22(31)16-23)26-13-12-25(29(36)35-41(37,38)28-11-7-10-27(32)34-28)30(33-26)40-20(4)24-9-6-5-8-19(24)3/h5-16,18,20H,17H2,1-4H3,(H2,32,34)(H,35,36). The number of hydrogen-bond acceptors (Lipinski definition) is 8. The zero-order chi connectivity index (χ0) is 29.7. The molecule has 0 saturated carbocycles. The van der Waals surface area contributed by atoms with Crippen LogP contribution in [0.1, 0.15) is 48.4 Å². The predicted octanol–water partition coefficient (Wildman–Crippen LogP) is 5.47. The molecule has 1 unspecified atom stereocenters. The number of hydrogen-bond donors (Lipinski definition) is 2. The van der Waals surface area contributed by atoms with Crippen molar-refractivity contribution >= 4 is 21.7 Å². The molecule has 4 rings (SSSR count). The molecule has 2 aromatic heterocycles. The number of ether oxygens (including phenoxy) is 2. The van der Waals surface area contributed by atoms with Crippen molar-refractivity contribution in [2.45, 2.75) is 38.8 Å². The van der Waals surface area contributed by atoms with Gasteiger partial charge in [0.2, 0.25) is 5.88 Å². The Labute approximate surface area is 238 Å². The summed E-state index contributed by atoms with van der Waals surface area (Å²) in [6.07, 6.45) is -0.560. The summed E-state index contributed by atoms with van der Waals surface area (Å²) >= 11 is 0. The van der Waals surface area contributed by atoms with Crippen LogP contribution in [0.2, 0.25) is 0 Å². The average Bonchev–Trinajstić information content (AvgIpc) is 2.91. The van der Waals surface area contributed by atoms with Crippen molar-refractivity contribution in [3.05, 3.63) is 95.3 Å². The normalized spacial score (nSPS) is 12.1. The molecule has 0 radical (unpaired) electrons. The number of carbonyl (C=O) groups is 1. The quantitative estimate of drug-likeness (QED) is 0.253. The number of nitrogen functional groups attached to an aromatic ring is 1. The van der Waals surface area contributed by atoms with Crippen molar-refractivity contribution < 1.29 is 27.1 Å². The van der Waals surface area contributed by atoms with Gasteiger partial charge in [0.15, 0.2) is 5.03 Å². The van der Waals surface area contributed by atoms with Gasteiger partial charge in [-0.25, -0.2) is 19.1 Å². The number of carbonyl (C=O) groups excluding carboxylic acids is 1. The molecule has 0 aliphatic rings. The molecular weight excluding hydrogens is 547 g/mol. The Morgan fingerprint density at radius 2 is 1.76 bits per heavy atom. The summed E-state index contributed by atoms with van der Waals surface area (Å²) in [6, 6.07) is 18.7. The molecule has 41 heavy (non-hydrogen) atoms. The van der Waals surface area contributed by atoms with E-state index in [-0.39, 0.29) is 23.2 Å². The number of nitrogens with one attached hydrogen (secondary N) is 1. The first-order valence-corrected chi connectivity index (χ1v) is 14.4. The van der Waals surface area contributed by atoms with Crippen LogP contribution >= 0.6 is 0 Å². The highest BCUT2D eigenvalue weighted by Gasteiger charge is 2.25. The third kappa shape index (κ3) is 7.37. The summed E-state index contributed by atoms with van der Waals surface area (Å²) in [5.41, 5.74) is 7.95. The highest BCUT2D eigenvalue weighted by Crippen LogP contribution is 2.31. The van der Waals surface area contributed by atoms with Crippen LogP contribution in [0.15, 0.2) is 77.8 Å². The molecule has 0 aliphatic carbocycles. The first kappa shape index (κ1) is 29.5. The topological polar surface area (TPSA) is 134 Å². The second-order valence-corrected chi connectivity index (χ2v) is 11.5. The monoisotopic (exact) mass is 578 g/mol. The van der Waals surface area contributed by atoms with E-state index in [1.807, 2.05) is 49.8 Å². The second-order valence-electron chi connectivity index (χ2n) is 9.88. The molecule has 214 valence electrons. The van der Waals surface area contributed by atoms with Gasteiger partial charge in [0.05, 0.1) is 12.3 Å². The highest BCUT2D eigenvalue weighted by atomic mass is 32.2. The van der Waals surface area contributed by atoms with Gasteiger partial charge in [0.1, 0.15) is 29.1 Å². The zero-order valence-corrected chi connectivity index (χ0v) is 23.9. The SMILES string of the molecule is Cc1ccccc1C(C)Oc1nc(-c2cc(F)cc(OCC(C)C)c2)ccc1C(=O)NS(=O)(=O)c1cccc(N)n1. The van der Waals surface area contributed by atoms with Gasteiger partial charge in [-0.15, -0.1) is 0 Å². The Hall–Kier alpha value is -4.51. The lowest BCUT2D eigenvalue weighted by Crippen LogP contribution is -2.32. The lowest BCUT2D eigenvalue weighted by atomic mass is 10.0. The van der Waals surface area contributed by atoms with E-state index in [2.05, 4.69) is 9.97 Å². The summed E-state index contributed by atoms with van der Waals surface area (Å²) in [5, 5.41) is -0.417. The van der Waals surface area contributed by atoms with Gasteiger partial charge in [-0.2, -0.15) is 8.42 Å². The average molecular weight is 579 g/mol. The third-order valence-corrected chi connectivity index (χ3v) is 7.25. The van der Waals surface area contributed by atoms with Crippen LogP contribution in [0, 0.1) is 18.7 Å². The van der Waals surface area contributed by atoms with Crippen molar-refractivity contribution in [3.63, 3.8) is 0 Å². The van der Waals surface area contributed by atoms with Crippen LogP contribution in [-0.4, -0.2) is 30.9 Å². The number of pyridine rings is 2. The summed E-state index contributed by atoms with van der Waals surface area (Å²) in [7, 11) is -4.36. The summed E-state index contributed by atoms with van der Waals surface area (Å²) in [6.45, 7) is 8.06. The molecule has 4 aromatic rings. The molecule has 0 aliphatic heterocycles. The van der Waals surface area contributed by atoms with Crippen molar-refractivity contribution in [3.8, 4) is 22.9 Å². The highest BCUT2D eigenvalue weighted by molar-refractivity contribution is 7.90. The minimum atomic E-state index is -4.36. The van der Waals surface area contributed by atoms with E-state index in [1.54, 1.807) is 13.0 Å². The fourth-order valence-corrected chi connectivity index (χ4v) is 4.95. The smallest absolute Gasteiger partial charge is 0.281 e. The fourth-order valence-electron chi connectivity index (χ4n) is 4.00. The Morgan fingerprint density at radius 1 is 1.00 bits per heavy atom. The van der Waals surface area contributed by atoms with Gasteiger partial charge >= 0.3 is 0 Å². The fraction of sp³-hybridized carbons (Fsp3) is 0.233. The van der Waals surface area contributed by atoms with Crippen molar-refractivity contribution in [1.82, 2.24) is 14.7 Å². The van der Waals surface area contributed by atoms with E-state index in [0.29, 0.717) is 23.6 Å². The molecule has 2 heterocycles. The molecule has 0 bridgehead atoms. The van der Waals surface area contributed by atoms with E-state index in [4.69, 9.17) is 15.2 Å². The van der Waals surface area contributed by atoms with E-state index in [1.165, 1.54) is 42.5 Å². The zero-order valence-electron chi connectivity index (χ0n) is 23.1. The van der Waals surface area contributed by atoms with Crippen molar-refractivity contribution in [1.29, 1.82) is 0 Å². The van der Waals surface area contributed by atoms with Gasteiger partial charge in [-0.1, -0.05) is 44.2 Å². The summed E-state index contributed by atoms with van der Waals surface area (Å²) in [5.74, 6) is -1.11. The molecule has 0 spiro atoms. The van der Waals surface area contributed by atoms with Gasteiger partial charge in [-0.3, -0.25) is 4.79 Å². The minimum Gasteiger partial charge on any atom is -0.493 e. The van der Waals surface area contributed by atoms with Crippen LogP contribution in [0.5, 0.6) is 11.6 Å². The molecule has 1 atom stereocenters. The van der Waals surface area contributed by atoms with E-state index >= 15 is 0 Å². The van der Waals surface area contributed by atoms with Crippen LogP contribution in [0.25, 0.3) is 11.3 Å². The summed E-state index contributed by atoms with van der Waals surface area (Å²) < 4.78 is 54.1. The molecular formula is C30H31FN4O5S. The molecule has 3 N–H and O–H groups in total. The lowest BCUT2D eigenvalue weighted by Gasteiger charge is -2.19. The largest absolute Gasteiger partial charge is 0.493 e. The number of nitrogens with zero attached hydrogens (tertiary/aromatic N) is 2. The maximum absolute atomic E-state index is 14.5. The third-order valence-electron chi connectivity index (χ3n) is 6.02. The molecule has 11 heteroatoms. The maximum Gasteiger partial charge on any atom is 0.281 e. The van der Waals surface area contributed by atoms with E-state index in [9.17, 15) is 17.6 Å². The van der Waals surface area contributed by atoms with Gasteiger partial charge in [0, 0.05) is 11.6 Å². The molecule has 9 nitrogen and oxygen atoms in total. The molecule has 1 amide bonds. The maximum atomic E-state index is 14.5. The number of aromatic nitrogens is 2. The number of nitrogens with two attached hydrogens (primary N) is 1. The number of aryl methyl sites for hydroxylation is 1. The lowest BCUT2D eigenvalue weighted by molar-refractivity contribution is 0.0973. The van der Waals surface area contributed by atoms with Crippen molar-refractivity contribution in [2.75, 3.05) is 12.3 Å². The second kappa shape index (κ2) is 12.3. The first-order chi connectivity index (χ1) is 19.4. The number of amides is 1. The first-order valence-electron chi connectivity index (χ1n) is 12.9. The Kier molecular flexibility index (Phi) is 8.87. The van der Waals surface area contributed by atoms with Crippen LogP contribution < -0.4 is 19.9 Å². The number of rotatable bonds is 10. The summed E-state index contributed by atoms with van der Waals surface area (Å²) in [4.78, 5) is 21.6. The molecule has 0 fully saturated rings. The minimum absolute atomic E-state index is 0.0192.